The maximum Gasteiger partial charge on any atom is 0.416 e. The minimum Gasteiger partial charge on any atom is -0.493 e. The number of nitrogens with zero attached hydrogens (tertiary/aromatic N) is 5. The average molecular weight is 1180 g/mol. The summed E-state index contributed by atoms with van der Waals surface area (Å²) >= 11 is 1.47. The van der Waals surface area contributed by atoms with Gasteiger partial charge in [-0.25, -0.2) is 9.69 Å². The first kappa shape index (κ1) is 62.1. The lowest BCUT2D eigenvalue weighted by atomic mass is 10.0. The van der Waals surface area contributed by atoms with Crippen molar-refractivity contribution >= 4 is 82.5 Å². The molecule has 8 amide bonds. The number of carbonyl (C=O) groups is 8. The molecule has 0 spiro atoms. The maximum atomic E-state index is 14.2. The second kappa shape index (κ2) is 28.1. The summed E-state index contributed by atoms with van der Waals surface area (Å²) in [6, 6.07) is 10.0. The molecule has 5 heterocycles. The first-order valence-electron chi connectivity index (χ1n) is 28.6. The molecule has 23 heteroatoms. The number of hydrogen-bond donors (Lipinski definition) is 4. The third-order valence-electron chi connectivity index (χ3n) is 15.2. The number of likely N-dealkylation sites (tertiary alicyclic amines) is 1. The third-order valence-corrected chi connectivity index (χ3v) is 16.3. The van der Waals surface area contributed by atoms with Crippen LogP contribution in [0.2, 0.25) is 0 Å². The number of imide groups is 1. The predicted molar refractivity (Wildman–Crippen MR) is 315 cm³/mol. The molecule has 5 aliphatic heterocycles. The molecule has 84 heavy (non-hydrogen) atoms. The Morgan fingerprint density at radius 3 is 2.07 bits per heavy atom. The first-order chi connectivity index (χ1) is 40.3. The molecule has 1 saturated heterocycles. The quantitative estimate of drug-likeness (QED) is 0.0442. The summed E-state index contributed by atoms with van der Waals surface area (Å²) in [5.74, 6) is -0.454. The van der Waals surface area contributed by atoms with Crippen LogP contribution in [-0.2, 0) is 35.3 Å². The van der Waals surface area contributed by atoms with Crippen molar-refractivity contribution in [2.24, 2.45) is 10.9 Å². The number of hydrogen-bond acceptors (Lipinski definition) is 16. The monoisotopic (exact) mass is 1180 g/mol. The molecule has 0 saturated carbocycles. The van der Waals surface area contributed by atoms with E-state index in [0.717, 1.165) is 28.2 Å². The molecule has 0 aromatic heterocycles. The molecule has 0 radical (unpaired) electrons. The van der Waals surface area contributed by atoms with Crippen molar-refractivity contribution in [1.82, 2.24) is 25.3 Å². The Hall–Kier alpha value is -7.92. The van der Waals surface area contributed by atoms with Crippen molar-refractivity contribution in [1.29, 1.82) is 0 Å². The van der Waals surface area contributed by atoms with Crippen molar-refractivity contribution < 1.29 is 67.1 Å². The minimum atomic E-state index is -1.52. The summed E-state index contributed by atoms with van der Waals surface area (Å²) in [5, 5.41) is 19.8. The van der Waals surface area contributed by atoms with E-state index in [9.17, 15) is 43.5 Å². The highest BCUT2D eigenvalue weighted by atomic mass is 32.2. The number of thioether (sulfide) groups is 1. The predicted octanol–water partition coefficient (Wildman–Crippen LogP) is 7.78. The molecule has 3 aromatic carbocycles. The van der Waals surface area contributed by atoms with Gasteiger partial charge < -0.3 is 54.5 Å². The van der Waals surface area contributed by atoms with Crippen LogP contribution in [0, 0.1) is 5.92 Å². The van der Waals surface area contributed by atoms with Crippen LogP contribution in [0.15, 0.2) is 77.1 Å². The number of aliphatic imine (C=N–C) groups is 1. The van der Waals surface area contributed by atoms with E-state index in [0.29, 0.717) is 92.1 Å². The van der Waals surface area contributed by atoms with Crippen molar-refractivity contribution in [3.05, 3.63) is 88.8 Å². The van der Waals surface area contributed by atoms with E-state index in [-0.39, 0.29) is 89.6 Å². The summed E-state index contributed by atoms with van der Waals surface area (Å²) in [6.07, 6.45) is 7.89. The Labute approximate surface area is 493 Å². The number of methoxy groups -OCH3 is 2. The summed E-state index contributed by atoms with van der Waals surface area (Å²) in [6.45, 7) is 11.5. The molecule has 1 unspecified atom stereocenters. The Balaban J connectivity index is 0.818. The minimum absolute atomic E-state index is 0.0654. The fourth-order valence-corrected chi connectivity index (χ4v) is 11.6. The highest BCUT2D eigenvalue weighted by Gasteiger charge is 2.45. The summed E-state index contributed by atoms with van der Waals surface area (Å²) < 4.78 is 29.5. The van der Waals surface area contributed by atoms with Gasteiger partial charge in [0.1, 0.15) is 18.7 Å². The van der Waals surface area contributed by atoms with Crippen molar-refractivity contribution in [3.63, 3.8) is 0 Å². The average Bonchev–Trinajstić information content (AvgIpc) is 4.32. The third kappa shape index (κ3) is 14.5. The lowest BCUT2D eigenvalue weighted by molar-refractivity contribution is -0.138. The summed E-state index contributed by atoms with van der Waals surface area (Å²) in [5.41, 5.74) is 3.97. The summed E-state index contributed by atoms with van der Waals surface area (Å²) in [4.78, 5) is 116. The Bertz CT molecular complexity index is 3090. The topological polar surface area (TPSA) is 264 Å². The van der Waals surface area contributed by atoms with E-state index in [4.69, 9.17) is 23.7 Å². The Kier molecular flexibility index (Phi) is 20.8. The molecule has 4 N–H and O–H groups in total. The van der Waals surface area contributed by atoms with Gasteiger partial charge in [-0.15, -0.1) is 11.8 Å². The zero-order valence-electron chi connectivity index (χ0n) is 48.9. The van der Waals surface area contributed by atoms with Gasteiger partial charge in [0.2, 0.25) is 29.5 Å². The van der Waals surface area contributed by atoms with Crippen LogP contribution in [-0.4, -0.2) is 149 Å². The number of carbonyl (C=O) groups excluding carboxylic acids is 8. The number of fused-ring (bicyclic) bond motifs is 4. The van der Waals surface area contributed by atoms with Gasteiger partial charge in [-0.3, -0.25) is 43.5 Å². The zero-order chi connectivity index (χ0) is 60.4. The molecule has 8 rings (SSSR count). The van der Waals surface area contributed by atoms with Crippen molar-refractivity contribution in [2.75, 3.05) is 49.9 Å². The second-order valence-electron chi connectivity index (χ2n) is 21.9. The fourth-order valence-electron chi connectivity index (χ4n) is 10.7. The fraction of sp³-hybridized carbons (Fsp3) is 0.492. The van der Waals surface area contributed by atoms with Crippen molar-refractivity contribution in [3.8, 4) is 23.0 Å². The van der Waals surface area contributed by atoms with Gasteiger partial charge in [-0.1, -0.05) is 50.5 Å². The van der Waals surface area contributed by atoms with Gasteiger partial charge in [-0.05, 0) is 107 Å². The van der Waals surface area contributed by atoms with Gasteiger partial charge in [0, 0.05) is 55.8 Å². The molecule has 0 bridgehead atoms. The maximum absolute atomic E-state index is 14.2. The normalized spacial score (nSPS) is 19.5. The van der Waals surface area contributed by atoms with Crippen LogP contribution in [0.3, 0.4) is 0 Å². The van der Waals surface area contributed by atoms with E-state index in [1.54, 1.807) is 67.6 Å². The number of amides is 8. The number of nitrogens with one attached hydrogen (secondary N) is 3. The zero-order valence-corrected chi connectivity index (χ0v) is 49.7. The number of benzene rings is 3. The first-order valence-corrected chi connectivity index (χ1v) is 29.7. The Morgan fingerprint density at radius 2 is 1.39 bits per heavy atom. The van der Waals surface area contributed by atoms with Gasteiger partial charge >= 0.3 is 6.09 Å². The molecule has 5 aliphatic rings. The molecule has 6 atom stereocenters. The molecular weight excluding hydrogens is 1100 g/mol. The second-order valence-corrected chi connectivity index (χ2v) is 23.4. The largest absolute Gasteiger partial charge is 0.493 e. The van der Waals surface area contributed by atoms with Crippen LogP contribution < -0.4 is 39.8 Å². The number of ether oxygens (including phenoxy) is 5. The van der Waals surface area contributed by atoms with Gasteiger partial charge in [0.15, 0.2) is 29.2 Å². The van der Waals surface area contributed by atoms with Gasteiger partial charge in [0.25, 0.3) is 11.8 Å². The summed E-state index contributed by atoms with van der Waals surface area (Å²) in [7, 11) is 2.97. The number of anilines is 2. The number of rotatable bonds is 26. The molecular formula is C61H76N8O14S. The number of unbranched alkanes of at least 4 members (excludes halogenated alkanes) is 4. The van der Waals surface area contributed by atoms with E-state index in [1.165, 1.54) is 54.8 Å². The van der Waals surface area contributed by atoms with E-state index < -0.39 is 48.2 Å². The van der Waals surface area contributed by atoms with Crippen LogP contribution >= 0.6 is 11.8 Å². The molecule has 1 fully saturated rings. The van der Waals surface area contributed by atoms with Crippen LogP contribution in [0.25, 0.3) is 0 Å². The lowest BCUT2D eigenvalue weighted by Crippen LogP contribution is -2.53. The highest BCUT2D eigenvalue weighted by molar-refractivity contribution is 8.00. The number of aliphatic hydroxyl groups excluding tert-OH is 1. The standard InChI is InChI=1S/C61H76N8O14S/c1-9-84-51-30-53(71)66(60(51)77)21-13-10-12-16-52(70)65-54(35(2)3)56(73)63-38(6)55(72)64-40-19-17-39(18-20-40)34-83-61(78)69-45-29-50(48(80-8)27-43(45)58(75)68-33-37(5)25-46(68)59(69)76)82-23-15-11-14-22-81-49-28-44-42(26-47(49)79-7)57(74)67-32-36(4)24-41(67)31-62-44/h17-20,26-29,31-33,35,38,41,46,51,54,59,76H,9-16,21-25,30,34H2,1-8H3,(H,63,73)(H,64,72)(H,65,70)/t38-,41-,46-,51?,54-,59-/m0/s1. The molecule has 0 aliphatic carbocycles. The van der Waals surface area contributed by atoms with E-state index >= 15 is 0 Å². The van der Waals surface area contributed by atoms with Crippen LogP contribution in [0.5, 0.6) is 23.0 Å². The van der Waals surface area contributed by atoms with Crippen LogP contribution in [0.4, 0.5) is 21.9 Å². The number of aliphatic hydroxyl groups is 1. The smallest absolute Gasteiger partial charge is 0.416 e. The van der Waals surface area contributed by atoms with Gasteiger partial charge in [0.05, 0.1) is 67.3 Å². The van der Waals surface area contributed by atoms with Crippen LogP contribution in [0.1, 0.15) is 132 Å². The SMILES string of the molecule is CCSC1CC(=O)N(CCCCCC(=O)N[C@H](C(=O)N[C@@H](C)C(=O)Nc2ccc(COC(=O)N3c4cc(OCCCCCOc5cc6c(cc5OC)C(=O)N5C=C(C)C[C@H]5C=N6)c(OC)cc4C(=O)N4C=C(C)C[C@H]4[C@@H]3O)cc2)C(C)C)C1=O. The highest BCUT2D eigenvalue weighted by Crippen LogP contribution is 2.43. The van der Waals surface area contributed by atoms with Gasteiger partial charge in [-0.2, -0.15) is 0 Å². The molecule has 3 aromatic rings. The lowest BCUT2D eigenvalue weighted by Gasteiger charge is -2.31. The molecule has 22 nitrogen and oxygen atoms in total. The van der Waals surface area contributed by atoms with Crippen molar-refractivity contribution in [2.45, 2.75) is 148 Å². The van der Waals surface area contributed by atoms with E-state index in [1.807, 2.05) is 27.0 Å². The van der Waals surface area contributed by atoms with E-state index in [2.05, 4.69) is 20.9 Å². The Morgan fingerprint density at radius 1 is 0.750 bits per heavy atom. The molecule has 450 valence electrons.